The van der Waals surface area contributed by atoms with Gasteiger partial charge in [-0.15, -0.1) is 11.6 Å². The van der Waals surface area contributed by atoms with Crippen LogP contribution in [0.4, 0.5) is 0 Å². The molecule has 1 aliphatic carbocycles. The topological polar surface area (TPSA) is 17.1 Å². The highest BCUT2D eigenvalue weighted by Crippen LogP contribution is 2.41. The van der Waals surface area contributed by atoms with Crippen molar-refractivity contribution in [3.8, 4) is 0 Å². The molecule has 0 aliphatic heterocycles. The fourth-order valence-electron chi connectivity index (χ4n) is 2.12. The van der Waals surface area contributed by atoms with Crippen LogP contribution >= 0.6 is 11.6 Å². The van der Waals surface area contributed by atoms with Crippen LogP contribution in [0.5, 0.6) is 0 Å². The fourth-order valence-corrected chi connectivity index (χ4v) is 2.30. The summed E-state index contributed by atoms with van der Waals surface area (Å²) >= 11 is 5.77. The van der Waals surface area contributed by atoms with Crippen molar-refractivity contribution < 1.29 is 4.79 Å². The number of Topliss-reactive ketones (excluding diaryl/α,β-unsaturated/α-hetero) is 1. The molecule has 0 aromatic rings. The van der Waals surface area contributed by atoms with Gasteiger partial charge in [0.05, 0.1) is 0 Å². The molecule has 78 valence electrons. The second kappa shape index (κ2) is 3.90. The molecule has 0 fully saturated rings. The number of hydrogen-bond donors (Lipinski definition) is 0. The second-order valence-corrected chi connectivity index (χ2v) is 4.79. The summed E-state index contributed by atoms with van der Waals surface area (Å²) in [6, 6.07) is 0. The molecule has 1 rings (SSSR count). The van der Waals surface area contributed by atoms with Gasteiger partial charge >= 0.3 is 0 Å². The number of carbonyl (C=O) groups excluding carboxylic acids is 1. The van der Waals surface area contributed by atoms with Crippen molar-refractivity contribution >= 4 is 17.4 Å². The quantitative estimate of drug-likeness (QED) is 0.507. The largest absolute Gasteiger partial charge is 0.294 e. The van der Waals surface area contributed by atoms with Crippen LogP contribution in [0.3, 0.4) is 0 Å². The Balaban J connectivity index is 3.02. The first kappa shape index (κ1) is 11.5. The highest BCUT2D eigenvalue weighted by atomic mass is 35.5. The first-order chi connectivity index (χ1) is 6.41. The minimum absolute atomic E-state index is 0.191. The Morgan fingerprint density at radius 1 is 1.71 bits per heavy atom. The Morgan fingerprint density at radius 3 is 2.79 bits per heavy atom. The van der Waals surface area contributed by atoms with E-state index in [1.807, 2.05) is 26.8 Å². The molecular formula is C12H17ClO. The van der Waals surface area contributed by atoms with E-state index in [9.17, 15) is 4.79 Å². The third kappa shape index (κ3) is 1.78. The highest BCUT2D eigenvalue weighted by Gasteiger charge is 2.40. The van der Waals surface area contributed by atoms with E-state index in [0.29, 0.717) is 5.88 Å². The summed E-state index contributed by atoms with van der Waals surface area (Å²) in [6.07, 6.45) is 2.88. The van der Waals surface area contributed by atoms with Crippen LogP contribution in [0.25, 0.3) is 0 Å². The van der Waals surface area contributed by atoms with Crippen LogP contribution in [-0.4, -0.2) is 11.7 Å². The molecule has 0 amide bonds. The number of halogens is 1. The Labute approximate surface area is 90.8 Å². The monoisotopic (exact) mass is 212 g/mol. The Kier molecular flexibility index (Phi) is 3.20. The molecule has 0 bridgehead atoms. The van der Waals surface area contributed by atoms with Crippen LogP contribution in [0.15, 0.2) is 23.8 Å². The summed E-state index contributed by atoms with van der Waals surface area (Å²) in [5, 5.41) is 0. The van der Waals surface area contributed by atoms with Gasteiger partial charge in [-0.1, -0.05) is 32.1 Å². The number of ketones is 1. The fraction of sp³-hybridized carbons (Fsp3) is 0.583. The first-order valence-corrected chi connectivity index (χ1v) is 5.40. The van der Waals surface area contributed by atoms with Gasteiger partial charge in [-0.2, -0.15) is 0 Å². The Bertz CT molecular complexity index is 299. The molecule has 1 nitrogen and oxygen atoms in total. The van der Waals surface area contributed by atoms with Gasteiger partial charge in [0.15, 0.2) is 5.78 Å². The average Bonchev–Trinajstić information content (AvgIpc) is 2.13. The molecule has 0 N–H and O–H groups in total. The van der Waals surface area contributed by atoms with E-state index >= 15 is 0 Å². The molecule has 0 radical (unpaired) electrons. The van der Waals surface area contributed by atoms with E-state index in [0.717, 1.165) is 17.6 Å². The summed E-state index contributed by atoms with van der Waals surface area (Å²) < 4.78 is 0. The zero-order chi connectivity index (χ0) is 10.9. The molecule has 1 atom stereocenters. The van der Waals surface area contributed by atoms with E-state index in [2.05, 4.69) is 6.58 Å². The van der Waals surface area contributed by atoms with Crippen LogP contribution in [0.2, 0.25) is 0 Å². The first-order valence-electron chi connectivity index (χ1n) is 4.86. The molecule has 0 saturated heterocycles. The van der Waals surface area contributed by atoms with E-state index in [4.69, 9.17) is 11.6 Å². The summed E-state index contributed by atoms with van der Waals surface area (Å²) in [4.78, 5) is 11.9. The summed E-state index contributed by atoms with van der Waals surface area (Å²) in [7, 11) is 0. The van der Waals surface area contributed by atoms with Crippen LogP contribution in [0.1, 0.15) is 27.2 Å². The van der Waals surface area contributed by atoms with Crippen molar-refractivity contribution in [3.63, 3.8) is 0 Å². The summed E-state index contributed by atoms with van der Waals surface area (Å²) in [6.45, 7) is 9.78. The standard InChI is InChI=1S/C12H17ClO/c1-8-5-6-10(9(2)7-13)12(3,4)11(8)14/h5,10H,2,6-7H2,1,3-4H3. The van der Waals surface area contributed by atoms with Crippen molar-refractivity contribution in [2.24, 2.45) is 11.3 Å². The van der Waals surface area contributed by atoms with Gasteiger partial charge in [0.1, 0.15) is 0 Å². The van der Waals surface area contributed by atoms with Gasteiger partial charge < -0.3 is 0 Å². The maximum absolute atomic E-state index is 11.9. The lowest BCUT2D eigenvalue weighted by Crippen LogP contribution is -2.37. The molecule has 0 spiro atoms. The molecular weight excluding hydrogens is 196 g/mol. The number of allylic oxidation sites excluding steroid dienone is 3. The molecule has 1 unspecified atom stereocenters. The van der Waals surface area contributed by atoms with Gasteiger partial charge in [0.2, 0.25) is 0 Å². The molecule has 0 aromatic heterocycles. The van der Waals surface area contributed by atoms with Crippen molar-refractivity contribution in [2.45, 2.75) is 27.2 Å². The predicted molar refractivity (Wildman–Crippen MR) is 60.5 cm³/mol. The molecule has 2 heteroatoms. The van der Waals surface area contributed by atoms with Gasteiger partial charge in [-0.3, -0.25) is 4.79 Å². The lowest BCUT2D eigenvalue weighted by atomic mass is 9.66. The third-order valence-electron chi connectivity index (χ3n) is 3.14. The number of hydrogen-bond acceptors (Lipinski definition) is 1. The van der Waals surface area contributed by atoms with E-state index in [-0.39, 0.29) is 17.1 Å². The molecule has 14 heavy (non-hydrogen) atoms. The third-order valence-corrected chi connectivity index (χ3v) is 3.48. The van der Waals surface area contributed by atoms with Gasteiger partial charge in [0.25, 0.3) is 0 Å². The molecule has 0 saturated carbocycles. The molecule has 0 aromatic carbocycles. The van der Waals surface area contributed by atoms with Crippen molar-refractivity contribution in [2.75, 3.05) is 5.88 Å². The molecule has 0 heterocycles. The van der Waals surface area contributed by atoms with Gasteiger partial charge in [-0.25, -0.2) is 0 Å². The van der Waals surface area contributed by atoms with Gasteiger partial charge in [-0.05, 0) is 24.8 Å². The summed E-state index contributed by atoms with van der Waals surface area (Å²) in [5.41, 5.74) is 1.49. The highest BCUT2D eigenvalue weighted by molar-refractivity contribution is 6.19. The Hall–Kier alpha value is -0.560. The summed E-state index contributed by atoms with van der Waals surface area (Å²) in [5.74, 6) is 0.852. The predicted octanol–water partition coefficient (Wildman–Crippen LogP) is 3.34. The van der Waals surface area contributed by atoms with Crippen LogP contribution < -0.4 is 0 Å². The van der Waals surface area contributed by atoms with Crippen molar-refractivity contribution in [3.05, 3.63) is 23.8 Å². The van der Waals surface area contributed by atoms with Crippen LogP contribution in [0, 0.1) is 11.3 Å². The smallest absolute Gasteiger partial charge is 0.164 e. The Morgan fingerprint density at radius 2 is 2.29 bits per heavy atom. The number of alkyl halides is 1. The van der Waals surface area contributed by atoms with E-state index < -0.39 is 0 Å². The van der Waals surface area contributed by atoms with E-state index in [1.165, 1.54) is 0 Å². The minimum atomic E-state index is -0.342. The van der Waals surface area contributed by atoms with E-state index in [1.54, 1.807) is 0 Å². The average molecular weight is 213 g/mol. The zero-order valence-electron chi connectivity index (χ0n) is 9.06. The lowest BCUT2D eigenvalue weighted by molar-refractivity contribution is -0.125. The lowest BCUT2D eigenvalue weighted by Gasteiger charge is -2.37. The van der Waals surface area contributed by atoms with Crippen molar-refractivity contribution in [1.82, 2.24) is 0 Å². The minimum Gasteiger partial charge on any atom is -0.294 e. The zero-order valence-corrected chi connectivity index (χ0v) is 9.82. The SMILES string of the molecule is C=C(CCl)C1CC=C(C)C(=O)C1(C)C. The van der Waals surface area contributed by atoms with Crippen LogP contribution in [-0.2, 0) is 4.79 Å². The second-order valence-electron chi connectivity index (χ2n) is 4.52. The number of rotatable bonds is 2. The maximum Gasteiger partial charge on any atom is 0.164 e. The van der Waals surface area contributed by atoms with Gasteiger partial charge in [0, 0.05) is 11.3 Å². The van der Waals surface area contributed by atoms with Crippen molar-refractivity contribution in [1.29, 1.82) is 0 Å². The normalized spacial score (nSPS) is 25.9. The molecule has 1 aliphatic rings. The number of carbonyl (C=O) groups is 1. The maximum atomic E-state index is 11.9.